The Balaban J connectivity index is 1.47. The number of rotatable bonds is 3. The Bertz CT molecular complexity index is 637. The normalized spacial score (nSPS) is 15.2. The largest absolute Gasteiger partial charge is 0.506 e. The van der Waals surface area contributed by atoms with Gasteiger partial charge in [0.1, 0.15) is 11.6 Å². The van der Waals surface area contributed by atoms with Gasteiger partial charge in [0.15, 0.2) is 0 Å². The molecule has 120 valence electrons. The summed E-state index contributed by atoms with van der Waals surface area (Å²) in [6, 6.07) is 13.3. The zero-order chi connectivity index (χ0) is 16.1. The monoisotopic (exact) mass is 312 g/mol. The first-order valence-electron chi connectivity index (χ1n) is 7.73. The van der Waals surface area contributed by atoms with E-state index in [-0.39, 0.29) is 17.8 Å². The number of amides is 2. The first-order chi connectivity index (χ1) is 11.2. The van der Waals surface area contributed by atoms with Gasteiger partial charge in [0, 0.05) is 24.8 Å². The summed E-state index contributed by atoms with van der Waals surface area (Å²) in [5.74, 6) is 0.492. The van der Waals surface area contributed by atoms with Crippen molar-refractivity contribution in [2.75, 3.05) is 23.3 Å². The third kappa shape index (κ3) is 4.12. The van der Waals surface area contributed by atoms with Crippen molar-refractivity contribution in [2.24, 2.45) is 0 Å². The highest BCUT2D eigenvalue weighted by Gasteiger charge is 2.20. The lowest BCUT2D eigenvalue weighted by atomic mass is 10.0. The van der Waals surface area contributed by atoms with Crippen molar-refractivity contribution in [3.05, 3.63) is 48.7 Å². The summed E-state index contributed by atoms with van der Waals surface area (Å²) in [4.78, 5) is 18.2. The lowest BCUT2D eigenvalue weighted by Crippen LogP contribution is -2.46. The third-order valence-electron chi connectivity index (χ3n) is 3.94. The second-order valence-corrected chi connectivity index (χ2v) is 5.60. The summed E-state index contributed by atoms with van der Waals surface area (Å²) in [5.41, 5.74) is 1.23. The zero-order valence-electron chi connectivity index (χ0n) is 12.8. The van der Waals surface area contributed by atoms with E-state index in [2.05, 4.69) is 32.7 Å². The van der Waals surface area contributed by atoms with E-state index in [0.717, 1.165) is 25.9 Å². The number of piperidine rings is 1. The predicted octanol–water partition coefficient (Wildman–Crippen LogP) is 2.58. The number of para-hydroxylation sites is 1. The van der Waals surface area contributed by atoms with E-state index in [9.17, 15) is 9.90 Å². The van der Waals surface area contributed by atoms with Crippen LogP contribution >= 0.6 is 0 Å². The van der Waals surface area contributed by atoms with Gasteiger partial charge in [-0.2, -0.15) is 0 Å². The van der Waals surface area contributed by atoms with Crippen LogP contribution in [-0.4, -0.2) is 35.3 Å². The molecule has 1 aromatic heterocycles. The van der Waals surface area contributed by atoms with Crippen LogP contribution in [0.15, 0.2) is 48.7 Å². The molecule has 1 aliphatic heterocycles. The summed E-state index contributed by atoms with van der Waals surface area (Å²) >= 11 is 0. The fourth-order valence-electron chi connectivity index (χ4n) is 2.72. The molecule has 0 saturated carbocycles. The number of urea groups is 1. The summed E-state index contributed by atoms with van der Waals surface area (Å²) in [6.45, 7) is 1.85. The first kappa shape index (κ1) is 15.1. The van der Waals surface area contributed by atoms with Crippen LogP contribution in [0.5, 0.6) is 5.75 Å². The molecule has 1 aliphatic rings. The first-order valence-corrected chi connectivity index (χ1v) is 7.73. The minimum Gasteiger partial charge on any atom is -0.506 e. The van der Waals surface area contributed by atoms with Crippen molar-refractivity contribution in [3.8, 4) is 5.75 Å². The Morgan fingerprint density at radius 1 is 1.13 bits per heavy atom. The number of hydrogen-bond acceptors (Lipinski definition) is 4. The van der Waals surface area contributed by atoms with Crippen molar-refractivity contribution in [1.29, 1.82) is 0 Å². The number of carbonyl (C=O) groups excluding carboxylic acids is 1. The van der Waals surface area contributed by atoms with Crippen LogP contribution in [0.3, 0.4) is 0 Å². The van der Waals surface area contributed by atoms with E-state index in [1.807, 2.05) is 18.2 Å². The minimum atomic E-state index is -0.263. The smallest absolute Gasteiger partial charge is 0.320 e. The number of nitrogens with zero attached hydrogens (tertiary/aromatic N) is 2. The average Bonchev–Trinajstić information content (AvgIpc) is 2.58. The molecule has 6 nitrogen and oxygen atoms in total. The van der Waals surface area contributed by atoms with Gasteiger partial charge >= 0.3 is 6.03 Å². The molecule has 1 aromatic carbocycles. The molecule has 2 heterocycles. The van der Waals surface area contributed by atoms with Gasteiger partial charge < -0.3 is 15.3 Å². The summed E-state index contributed by atoms with van der Waals surface area (Å²) in [7, 11) is 0. The summed E-state index contributed by atoms with van der Waals surface area (Å²) in [6.07, 6.45) is 3.12. The van der Waals surface area contributed by atoms with Crippen LogP contribution in [0.2, 0.25) is 0 Å². The molecule has 2 amide bonds. The van der Waals surface area contributed by atoms with Crippen molar-refractivity contribution in [1.82, 2.24) is 10.3 Å². The molecular formula is C17H20N4O2. The van der Waals surface area contributed by atoms with E-state index in [0.29, 0.717) is 5.82 Å². The molecule has 3 N–H and O–H groups in total. The molecule has 0 spiro atoms. The van der Waals surface area contributed by atoms with Gasteiger partial charge in [-0.3, -0.25) is 5.32 Å². The van der Waals surface area contributed by atoms with Crippen LogP contribution in [0.4, 0.5) is 16.3 Å². The Morgan fingerprint density at radius 3 is 2.52 bits per heavy atom. The van der Waals surface area contributed by atoms with Gasteiger partial charge in [-0.05, 0) is 37.1 Å². The van der Waals surface area contributed by atoms with Crippen molar-refractivity contribution < 1.29 is 9.90 Å². The molecule has 0 radical (unpaired) electrons. The van der Waals surface area contributed by atoms with Gasteiger partial charge in [-0.1, -0.05) is 18.2 Å². The molecule has 2 aromatic rings. The second kappa shape index (κ2) is 7.00. The maximum atomic E-state index is 12.0. The van der Waals surface area contributed by atoms with Crippen molar-refractivity contribution in [3.63, 3.8) is 0 Å². The molecule has 0 atom stereocenters. The van der Waals surface area contributed by atoms with Gasteiger partial charge in [0.05, 0.1) is 6.20 Å². The van der Waals surface area contributed by atoms with Crippen molar-refractivity contribution >= 4 is 17.5 Å². The fraction of sp³-hybridized carbons (Fsp3) is 0.294. The maximum Gasteiger partial charge on any atom is 0.320 e. The standard InChI is InChI=1S/C17H20N4O2/c22-15-6-7-16(18-12-15)20-17(23)19-13-8-10-21(11-9-13)14-4-2-1-3-5-14/h1-7,12-13,22H,8-11H2,(H2,18,19,20,23). The molecule has 3 rings (SSSR count). The van der Waals surface area contributed by atoms with Crippen LogP contribution in [0, 0.1) is 0 Å². The number of carbonyl (C=O) groups is 1. The Morgan fingerprint density at radius 2 is 1.87 bits per heavy atom. The highest BCUT2D eigenvalue weighted by atomic mass is 16.3. The van der Waals surface area contributed by atoms with Crippen LogP contribution in [-0.2, 0) is 0 Å². The quantitative estimate of drug-likeness (QED) is 0.814. The van der Waals surface area contributed by atoms with E-state index in [1.165, 1.54) is 18.0 Å². The fourth-order valence-corrected chi connectivity index (χ4v) is 2.72. The number of hydrogen-bond donors (Lipinski definition) is 3. The maximum absolute atomic E-state index is 12.0. The number of pyridine rings is 1. The molecule has 0 aliphatic carbocycles. The Kier molecular flexibility index (Phi) is 4.61. The number of nitrogens with one attached hydrogen (secondary N) is 2. The number of aromatic hydroxyl groups is 1. The molecular weight excluding hydrogens is 292 g/mol. The van der Waals surface area contributed by atoms with Gasteiger partial charge in [0.25, 0.3) is 0 Å². The van der Waals surface area contributed by atoms with Crippen LogP contribution in [0.1, 0.15) is 12.8 Å². The minimum absolute atomic E-state index is 0.0734. The lowest BCUT2D eigenvalue weighted by molar-refractivity contribution is 0.246. The summed E-state index contributed by atoms with van der Waals surface area (Å²) in [5, 5.41) is 14.8. The van der Waals surface area contributed by atoms with Crippen LogP contribution in [0.25, 0.3) is 0 Å². The number of anilines is 2. The number of aromatic nitrogens is 1. The topological polar surface area (TPSA) is 77.5 Å². The van der Waals surface area contributed by atoms with Crippen LogP contribution < -0.4 is 15.5 Å². The zero-order valence-corrected chi connectivity index (χ0v) is 12.8. The highest BCUT2D eigenvalue weighted by Crippen LogP contribution is 2.19. The van der Waals surface area contributed by atoms with Gasteiger partial charge in [-0.25, -0.2) is 9.78 Å². The van der Waals surface area contributed by atoms with E-state index < -0.39 is 0 Å². The Labute approximate surface area is 135 Å². The van der Waals surface area contributed by atoms with E-state index in [1.54, 1.807) is 6.07 Å². The molecule has 1 fully saturated rings. The molecule has 0 bridgehead atoms. The third-order valence-corrected chi connectivity index (χ3v) is 3.94. The Hall–Kier alpha value is -2.76. The van der Waals surface area contributed by atoms with E-state index >= 15 is 0 Å². The lowest BCUT2D eigenvalue weighted by Gasteiger charge is -2.33. The van der Waals surface area contributed by atoms with Crippen molar-refractivity contribution in [2.45, 2.75) is 18.9 Å². The predicted molar refractivity (Wildman–Crippen MR) is 89.7 cm³/mol. The highest BCUT2D eigenvalue weighted by molar-refractivity contribution is 5.88. The molecule has 1 saturated heterocycles. The van der Waals surface area contributed by atoms with Gasteiger partial charge in [0.2, 0.25) is 0 Å². The number of benzene rings is 1. The average molecular weight is 312 g/mol. The molecule has 6 heteroatoms. The molecule has 0 unspecified atom stereocenters. The van der Waals surface area contributed by atoms with Gasteiger partial charge in [-0.15, -0.1) is 0 Å². The SMILES string of the molecule is O=C(Nc1ccc(O)cn1)NC1CCN(c2ccccc2)CC1. The second-order valence-electron chi connectivity index (χ2n) is 5.60. The van der Waals surface area contributed by atoms with E-state index in [4.69, 9.17) is 0 Å². The molecule has 23 heavy (non-hydrogen) atoms. The summed E-state index contributed by atoms with van der Waals surface area (Å²) < 4.78 is 0.